The van der Waals surface area contributed by atoms with E-state index in [1.54, 1.807) is 0 Å². The number of nitrogens with one attached hydrogen (secondary N) is 1. The molecule has 86 valence electrons. The summed E-state index contributed by atoms with van der Waals surface area (Å²) in [7, 11) is 0. The molecule has 0 aromatic carbocycles. The maximum atomic E-state index is 10.9. The third-order valence-electron chi connectivity index (χ3n) is 2.85. The zero-order valence-electron chi connectivity index (χ0n) is 8.81. The van der Waals surface area contributed by atoms with E-state index < -0.39 is 12.0 Å². The van der Waals surface area contributed by atoms with Gasteiger partial charge in [0.2, 0.25) is 6.41 Å². The van der Waals surface area contributed by atoms with Gasteiger partial charge in [0, 0.05) is 6.61 Å². The van der Waals surface area contributed by atoms with Gasteiger partial charge in [0.05, 0.1) is 6.10 Å². The minimum Gasteiger partial charge on any atom is -0.480 e. The van der Waals surface area contributed by atoms with Crippen molar-refractivity contribution < 1.29 is 19.4 Å². The number of carbonyl (C=O) groups is 2. The second kappa shape index (κ2) is 5.70. The number of hydrogen-bond donors (Lipinski definition) is 2. The Kier molecular flexibility index (Phi) is 4.55. The second-order valence-electron chi connectivity index (χ2n) is 3.79. The van der Waals surface area contributed by atoms with Crippen LogP contribution < -0.4 is 5.32 Å². The van der Waals surface area contributed by atoms with E-state index in [0.29, 0.717) is 25.9 Å². The molecule has 1 unspecified atom stereocenters. The molecule has 3 atom stereocenters. The molecule has 1 fully saturated rings. The van der Waals surface area contributed by atoms with Gasteiger partial charge in [-0.05, 0) is 25.2 Å². The molecule has 1 amide bonds. The number of carboxylic acid groups (broad SMARTS) is 1. The number of ether oxygens (including phenoxy) is 1. The summed E-state index contributed by atoms with van der Waals surface area (Å²) in [4.78, 5) is 21.2. The summed E-state index contributed by atoms with van der Waals surface area (Å²) >= 11 is 0. The van der Waals surface area contributed by atoms with Crippen molar-refractivity contribution in [3.8, 4) is 0 Å². The highest BCUT2D eigenvalue weighted by molar-refractivity contribution is 5.76. The number of amides is 1. The van der Waals surface area contributed by atoms with Gasteiger partial charge in [-0.2, -0.15) is 0 Å². The van der Waals surface area contributed by atoms with Gasteiger partial charge in [-0.15, -0.1) is 0 Å². The molecule has 0 aromatic heterocycles. The molecule has 1 rings (SSSR count). The van der Waals surface area contributed by atoms with Crippen molar-refractivity contribution in [3.05, 3.63) is 0 Å². The van der Waals surface area contributed by atoms with Crippen LogP contribution >= 0.6 is 0 Å². The second-order valence-corrected chi connectivity index (χ2v) is 3.79. The molecule has 0 saturated carbocycles. The van der Waals surface area contributed by atoms with Gasteiger partial charge in [0.1, 0.15) is 6.04 Å². The largest absolute Gasteiger partial charge is 0.480 e. The normalized spacial score (nSPS) is 28.1. The van der Waals surface area contributed by atoms with E-state index in [2.05, 4.69) is 5.32 Å². The molecular formula is C10H17NO4. The third kappa shape index (κ3) is 3.20. The van der Waals surface area contributed by atoms with E-state index in [-0.39, 0.29) is 12.0 Å². The van der Waals surface area contributed by atoms with Gasteiger partial charge in [0.15, 0.2) is 0 Å². The Hall–Kier alpha value is -1.10. The Labute approximate surface area is 88.8 Å². The van der Waals surface area contributed by atoms with Crippen molar-refractivity contribution in [1.29, 1.82) is 0 Å². The first-order chi connectivity index (χ1) is 7.19. The van der Waals surface area contributed by atoms with Crippen LogP contribution in [-0.2, 0) is 14.3 Å². The molecule has 2 N–H and O–H groups in total. The highest BCUT2D eigenvalue weighted by Crippen LogP contribution is 2.24. The highest BCUT2D eigenvalue weighted by atomic mass is 16.5. The Balaban J connectivity index is 2.58. The van der Waals surface area contributed by atoms with Crippen LogP contribution in [0.4, 0.5) is 0 Å². The fourth-order valence-corrected chi connectivity index (χ4v) is 1.98. The van der Waals surface area contributed by atoms with Crippen molar-refractivity contribution in [2.24, 2.45) is 5.92 Å². The number of carbonyl (C=O) groups excluding carboxylic acids is 1. The topological polar surface area (TPSA) is 75.6 Å². The molecule has 0 spiro atoms. The van der Waals surface area contributed by atoms with Gasteiger partial charge in [0.25, 0.3) is 0 Å². The Bertz CT molecular complexity index is 231. The summed E-state index contributed by atoms with van der Waals surface area (Å²) in [5, 5.41) is 11.3. The molecular weight excluding hydrogens is 198 g/mol. The smallest absolute Gasteiger partial charge is 0.326 e. The molecule has 5 heteroatoms. The lowest BCUT2D eigenvalue weighted by atomic mass is 9.88. The monoisotopic (exact) mass is 215 g/mol. The van der Waals surface area contributed by atoms with Gasteiger partial charge in [-0.1, -0.05) is 6.92 Å². The Morgan fingerprint density at radius 1 is 1.73 bits per heavy atom. The van der Waals surface area contributed by atoms with E-state index >= 15 is 0 Å². The average Bonchev–Trinajstić information content (AvgIpc) is 2.25. The zero-order chi connectivity index (χ0) is 11.3. The summed E-state index contributed by atoms with van der Waals surface area (Å²) in [6.45, 7) is 2.59. The molecule has 5 nitrogen and oxygen atoms in total. The van der Waals surface area contributed by atoms with E-state index in [1.807, 2.05) is 6.92 Å². The fourth-order valence-electron chi connectivity index (χ4n) is 1.98. The van der Waals surface area contributed by atoms with Crippen LogP contribution in [-0.4, -0.2) is 36.2 Å². The van der Waals surface area contributed by atoms with Gasteiger partial charge in [-0.25, -0.2) is 4.79 Å². The third-order valence-corrected chi connectivity index (χ3v) is 2.85. The molecule has 1 aliphatic heterocycles. The van der Waals surface area contributed by atoms with E-state index in [9.17, 15) is 9.59 Å². The summed E-state index contributed by atoms with van der Waals surface area (Å²) in [5.74, 6) is -0.991. The van der Waals surface area contributed by atoms with Crippen molar-refractivity contribution in [2.75, 3.05) is 6.61 Å². The molecule has 15 heavy (non-hydrogen) atoms. The summed E-state index contributed by atoms with van der Waals surface area (Å²) in [6, 6.07) is -0.777. The average molecular weight is 215 g/mol. The number of hydrogen-bond acceptors (Lipinski definition) is 3. The summed E-state index contributed by atoms with van der Waals surface area (Å²) in [6.07, 6.45) is 2.85. The molecule has 0 radical (unpaired) electrons. The molecule has 1 saturated heterocycles. The Morgan fingerprint density at radius 3 is 3.00 bits per heavy atom. The van der Waals surface area contributed by atoms with Crippen molar-refractivity contribution in [3.63, 3.8) is 0 Å². The lowest BCUT2D eigenvalue weighted by molar-refractivity contribution is -0.144. The lowest BCUT2D eigenvalue weighted by Gasteiger charge is -2.32. The molecule has 1 aliphatic rings. The highest BCUT2D eigenvalue weighted by Gasteiger charge is 2.32. The maximum absolute atomic E-state index is 10.9. The first-order valence-electron chi connectivity index (χ1n) is 5.23. The lowest BCUT2D eigenvalue weighted by Crippen LogP contribution is -2.45. The van der Waals surface area contributed by atoms with Crippen LogP contribution in [0.5, 0.6) is 0 Å². The fraction of sp³-hybridized carbons (Fsp3) is 0.800. The summed E-state index contributed by atoms with van der Waals surface area (Å²) < 4.78 is 5.46. The Morgan fingerprint density at radius 2 is 2.47 bits per heavy atom. The first-order valence-corrected chi connectivity index (χ1v) is 5.23. The van der Waals surface area contributed by atoms with Crippen LogP contribution in [0.1, 0.15) is 26.2 Å². The van der Waals surface area contributed by atoms with Crippen molar-refractivity contribution in [1.82, 2.24) is 5.32 Å². The van der Waals surface area contributed by atoms with Gasteiger partial charge < -0.3 is 15.2 Å². The quantitative estimate of drug-likeness (QED) is 0.650. The maximum Gasteiger partial charge on any atom is 0.326 e. The van der Waals surface area contributed by atoms with Crippen LogP contribution in [0.2, 0.25) is 0 Å². The van der Waals surface area contributed by atoms with Gasteiger partial charge in [-0.3, -0.25) is 4.79 Å². The predicted molar refractivity (Wildman–Crippen MR) is 53.4 cm³/mol. The van der Waals surface area contributed by atoms with Crippen LogP contribution in [0, 0.1) is 5.92 Å². The predicted octanol–water partition coefficient (Wildman–Crippen LogP) is 0.391. The summed E-state index contributed by atoms with van der Waals surface area (Å²) in [5.41, 5.74) is 0. The molecule has 0 aromatic rings. The first kappa shape index (κ1) is 12.0. The van der Waals surface area contributed by atoms with Crippen LogP contribution in [0.25, 0.3) is 0 Å². The minimum atomic E-state index is -0.969. The molecule has 0 bridgehead atoms. The van der Waals surface area contributed by atoms with Crippen LogP contribution in [0.3, 0.4) is 0 Å². The number of rotatable bonds is 5. The van der Waals surface area contributed by atoms with E-state index in [1.165, 1.54) is 0 Å². The SMILES string of the molecule is CC[C@H]1C[C@@H](C(NC=O)C(=O)O)CCO1. The zero-order valence-corrected chi connectivity index (χ0v) is 8.81. The van der Waals surface area contributed by atoms with Crippen molar-refractivity contribution >= 4 is 12.4 Å². The van der Waals surface area contributed by atoms with Crippen molar-refractivity contribution in [2.45, 2.75) is 38.3 Å². The van der Waals surface area contributed by atoms with E-state index in [0.717, 1.165) is 6.42 Å². The minimum absolute atomic E-state index is 0.0219. The number of aliphatic carboxylic acids is 1. The molecule has 1 heterocycles. The van der Waals surface area contributed by atoms with Crippen LogP contribution in [0.15, 0.2) is 0 Å². The standard InChI is InChI=1S/C10H17NO4/c1-2-8-5-7(3-4-15-8)9(10(13)14)11-6-12/h6-9H,2-5H2,1H3,(H,11,12)(H,13,14)/t7-,8-,9?/m0/s1. The molecule has 0 aliphatic carbocycles. The number of carboxylic acids is 1. The van der Waals surface area contributed by atoms with E-state index in [4.69, 9.17) is 9.84 Å². The van der Waals surface area contributed by atoms with Gasteiger partial charge >= 0.3 is 5.97 Å².